The van der Waals surface area contributed by atoms with E-state index in [1.165, 1.54) is 5.69 Å². The van der Waals surface area contributed by atoms with E-state index in [2.05, 4.69) is 45.6 Å². The zero-order valence-electron chi connectivity index (χ0n) is 11.4. The van der Waals surface area contributed by atoms with Gasteiger partial charge in [-0.3, -0.25) is 0 Å². The van der Waals surface area contributed by atoms with Gasteiger partial charge >= 0.3 is 0 Å². The minimum atomic E-state index is 0.465. The second-order valence-electron chi connectivity index (χ2n) is 4.67. The fourth-order valence-corrected chi connectivity index (χ4v) is 2.01. The third kappa shape index (κ3) is 2.11. The van der Waals surface area contributed by atoms with Gasteiger partial charge in [0.2, 0.25) is 0 Å². The van der Waals surface area contributed by atoms with Crippen molar-refractivity contribution in [3.63, 3.8) is 0 Å². The second-order valence-corrected chi connectivity index (χ2v) is 4.67. The lowest BCUT2D eigenvalue weighted by Gasteiger charge is -2.12. The van der Waals surface area contributed by atoms with Crippen LogP contribution in [0.4, 0.5) is 5.69 Å². The first-order valence-electron chi connectivity index (χ1n) is 6.04. The van der Waals surface area contributed by atoms with E-state index < -0.39 is 0 Å². The summed E-state index contributed by atoms with van der Waals surface area (Å²) in [6.07, 6.45) is 0. The highest BCUT2D eigenvalue weighted by atomic mass is 15.1. The molecule has 0 spiro atoms. The van der Waals surface area contributed by atoms with Gasteiger partial charge in [0.1, 0.15) is 5.82 Å². The molecule has 0 bridgehead atoms. The molecule has 0 aliphatic rings. The molecule has 18 heavy (non-hydrogen) atoms. The summed E-state index contributed by atoms with van der Waals surface area (Å²) in [6, 6.07) is 8.41. The molecule has 1 heterocycles. The van der Waals surface area contributed by atoms with Crippen molar-refractivity contribution in [3.05, 3.63) is 35.8 Å². The molecule has 0 saturated carbocycles. The molecule has 96 valence electrons. The highest BCUT2D eigenvalue weighted by molar-refractivity contribution is 5.65. The summed E-state index contributed by atoms with van der Waals surface area (Å²) in [6.45, 7) is 2.54. The van der Waals surface area contributed by atoms with Crippen molar-refractivity contribution in [1.29, 1.82) is 0 Å². The molecule has 0 atom stereocenters. The zero-order chi connectivity index (χ0) is 13.3. The summed E-state index contributed by atoms with van der Waals surface area (Å²) in [5.74, 6) is 0.916. The Kier molecular flexibility index (Phi) is 3.39. The Morgan fingerprint density at radius 2 is 1.83 bits per heavy atom. The molecular weight excluding hydrogens is 224 g/mol. The molecule has 0 radical (unpaired) electrons. The Morgan fingerprint density at radius 1 is 1.22 bits per heavy atom. The highest BCUT2D eigenvalue weighted by Gasteiger charge is 2.11. The van der Waals surface area contributed by atoms with Crippen molar-refractivity contribution in [1.82, 2.24) is 9.55 Å². The third-order valence-corrected chi connectivity index (χ3v) is 3.31. The number of benzene rings is 1. The molecule has 0 amide bonds. The molecule has 0 aliphatic heterocycles. The van der Waals surface area contributed by atoms with Gasteiger partial charge in [-0.2, -0.15) is 0 Å². The number of hydrogen-bond acceptors (Lipinski definition) is 3. The SMILES string of the molecule is Cc1c(-c2ccc(N(C)C)cc2)nc(CN)n1C. The van der Waals surface area contributed by atoms with Crippen LogP contribution in [0.2, 0.25) is 0 Å². The number of nitrogens with two attached hydrogens (primary N) is 1. The van der Waals surface area contributed by atoms with Crippen LogP contribution in [0.1, 0.15) is 11.5 Å². The summed E-state index contributed by atoms with van der Waals surface area (Å²) in [5, 5.41) is 0. The van der Waals surface area contributed by atoms with E-state index in [9.17, 15) is 0 Å². The van der Waals surface area contributed by atoms with Gasteiger partial charge in [-0.05, 0) is 19.1 Å². The van der Waals surface area contributed by atoms with Gasteiger partial charge in [0.25, 0.3) is 0 Å². The molecule has 0 fully saturated rings. The topological polar surface area (TPSA) is 47.1 Å². The van der Waals surface area contributed by atoms with Crippen LogP contribution in [0.5, 0.6) is 0 Å². The van der Waals surface area contributed by atoms with Crippen LogP contribution in [0, 0.1) is 6.92 Å². The Morgan fingerprint density at radius 3 is 2.28 bits per heavy atom. The van der Waals surface area contributed by atoms with Crippen molar-refractivity contribution in [2.24, 2.45) is 12.8 Å². The smallest absolute Gasteiger partial charge is 0.123 e. The number of hydrogen-bond donors (Lipinski definition) is 1. The fraction of sp³-hybridized carbons (Fsp3) is 0.357. The Bertz CT molecular complexity index is 538. The lowest BCUT2D eigenvalue weighted by Crippen LogP contribution is -2.07. The minimum Gasteiger partial charge on any atom is -0.378 e. The highest BCUT2D eigenvalue weighted by Crippen LogP contribution is 2.25. The van der Waals surface area contributed by atoms with Gasteiger partial charge in [-0.1, -0.05) is 12.1 Å². The van der Waals surface area contributed by atoms with Crippen LogP contribution in [0.25, 0.3) is 11.3 Å². The average molecular weight is 244 g/mol. The van der Waals surface area contributed by atoms with Crippen molar-refractivity contribution < 1.29 is 0 Å². The normalized spacial score (nSPS) is 10.7. The largest absolute Gasteiger partial charge is 0.378 e. The molecule has 4 nitrogen and oxygen atoms in total. The zero-order valence-corrected chi connectivity index (χ0v) is 11.4. The molecule has 1 aromatic heterocycles. The predicted molar refractivity (Wildman–Crippen MR) is 75.6 cm³/mol. The van der Waals surface area contributed by atoms with Crippen molar-refractivity contribution in [2.75, 3.05) is 19.0 Å². The molecule has 2 rings (SSSR count). The van der Waals surface area contributed by atoms with Crippen molar-refractivity contribution >= 4 is 5.69 Å². The summed E-state index contributed by atoms with van der Waals surface area (Å²) in [5.41, 5.74) is 10.2. The molecule has 0 aliphatic carbocycles. The van der Waals surface area contributed by atoms with E-state index in [4.69, 9.17) is 5.73 Å². The van der Waals surface area contributed by atoms with E-state index in [1.807, 2.05) is 21.1 Å². The first-order valence-corrected chi connectivity index (χ1v) is 6.04. The van der Waals surface area contributed by atoms with Crippen LogP contribution >= 0.6 is 0 Å². The van der Waals surface area contributed by atoms with Crippen LogP contribution in [0.15, 0.2) is 24.3 Å². The van der Waals surface area contributed by atoms with Gasteiger partial charge in [-0.25, -0.2) is 4.98 Å². The van der Waals surface area contributed by atoms with Gasteiger partial charge in [0.15, 0.2) is 0 Å². The molecule has 0 saturated heterocycles. The second kappa shape index (κ2) is 4.82. The summed E-state index contributed by atoms with van der Waals surface area (Å²) >= 11 is 0. The summed E-state index contributed by atoms with van der Waals surface area (Å²) in [4.78, 5) is 6.68. The first-order chi connectivity index (χ1) is 8.54. The molecule has 4 heteroatoms. The third-order valence-electron chi connectivity index (χ3n) is 3.31. The van der Waals surface area contributed by atoms with Crippen LogP contribution in [0.3, 0.4) is 0 Å². The maximum absolute atomic E-state index is 5.68. The van der Waals surface area contributed by atoms with E-state index in [1.54, 1.807) is 0 Å². The van der Waals surface area contributed by atoms with E-state index in [-0.39, 0.29) is 0 Å². The Hall–Kier alpha value is -1.81. The number of anilines is 1. The van der Waals surface area contributed by atoms with Gasteiger partial charge in [0.05, 0.1) is 12.2 Å². The maximum Gasteiger partial charge on any atom is 0.123 e. The predicted octanol–water partition coefficient (Wildman–Crippen LogP) is 1.92. The molecule has 2 aromatic rings. The van der Waals surface area contributed by atoms with Gasteiger partial charge < -0.3 is 15.2 Å². The first kappa shape index (κ1) is 12.6. The quantitative estimate of drug-likeness (QED) is 0.897. The van der Waals surface area contributed by atoms with Gasteiger partial charge in [0, 0.05) is 38.1 Å². The summed E-state index contributed by atoms with van der Waals surface area (Å²) in [7, 11) is 6.07. The van der Waals surface area contributed by atoms with Crippen LogP contribution in [-0.4, -0.2) is 23.6 Å². The fourth-order valence-electron chi connectivity index (χ4n) is 2.01. The number of rotatable bonds is 3. The van der Waals surface area contributed by atoms with E-state index in [0.717, 1.165) is 22.8 Å². The maximum atomic E-state index is 5.68. The number of aromatic nitrogens is 2. The Labute approximate surface area is 108 Å². The lowest BCUT2D eigenvalue weighted by molar-refractivity contribution is 0.774. The Balaban J connectivity index is 2.42. The number of imidazole rings is 1. The van der Waals surface area contributed by atoms with E-state index >= 15 is 0 Å². The van der Waals surface area contributed by atoms with Crippen LogP contribution in [-0.2, 0) is 13.6 Å². The average Bonchev–Trinajstić information content (AvgIpc) is 2.66. The molecule has 1 aromatic carbocycles. The minimum absolute atomic E-state index is 0.465. The van der Waals surface area contributed by atoms with E-state index in [0.29, 0.717) is 6.54 Å². The molecule has 2 N–H and O–H groups in total. The van der Waals surface area contributed by atoms with Crippen molar-refractivity contribution in [3.8, 4) is 11.3 Å². The van der Waals surface area contributed by atoms with Gasteiger partial charge in [-0.15, -0.1) is 0 Å². The number of nitrogens with zero attached hydrogens (tertiary/aromatic N) is 3. The standard InChI is InChI=1S/C14H20N4/c1-10-14(16-13(9-15)18(10)4)11-5-7-12(8-6-11)17(2)3/h5-8H,9,15H2,1-4H3. The molecular formula is C14H20N4. The van der Waals surface area contributed by atoms with Crippen molar-refractivity contribution in [2.45, 2.75) is 13.5 Å². The van der Waals surface area contributed by atoms with Crippen LogP contribution < -0.4 is 10.6 Å². The molecule has 0 unspecified atom stereocenters. The summed E-state index contributed by atoms with van der Waals surface area (Å²) < 4.78 is 2.05. The lowest BCUT2D eigenvalue weighted by atomic mass is 10.1. The monoisotopic (exact) mass is 244 g/mol.